The molecule has 0 aliphatic heterocycles. The van der Waals surface area contributed by atoms with Crippen LogP contribution >= 0.6 is 0 Å². The number of nitrogens with zero attached hydrogens (tertiary/aromatic N) is 5. The number of carbonyl (C=O) groups excluding carboxylic acids is 2. The molecule has 168 valence electrons. The maximum absolute atomic E-state index is 12.5. The van der Waals surface area contributed by atoms with Crippen LogP contribution in [0, 0.1) is 6.92 Å². The molecule has 2 heterocycles. The molecule has 0 fully saturated rings. The number of rotatable bonds is 6. The number of aryl methyl sites for hydroxylation is 1. The number of aromatic nitrogens is 5. The van der Waals surface area contributed by atoms with E-state index in [1.54, 1.807) is 31.2 Å². The Balaban J connectivity index is 1.36. The van der Waals surface area contributed by atoms with E-state index in [9.17, 15) is 9.59 Å². The minimum Gasteiger partial charge on any atom is -0.360 e. The van der Waals surface area contributed by atoms with Gasteiger partial charge in [-0.3, -0.25) is 20.4 Å². The van der Waals surface area contributed by atoms with Crippen LogP contribution < -0.4 is 10.9 Å². The summed E-state index contributed by atoms with van der Waals surface area (Å²) in [6.07, 6.45) is 0. The summed E-state index contributed by atoms with van der Waals surface area (Å²) in [5.41, 5.74) is 7.82. The molecule has 0 unspecified atom stereocenters. The van der Waals surface area contributed by atoms with Crippen molar-refractivity contribution in [3.05, 3.63) is 82.7 Å². The molecule has 0 atom stereocenters. The Morgan fingerprint density at radius 2 is 1.70 bits per heavy atom. The first-order valence-electron chi connectivity index (χ1n) is 10.4. The lowest BCUT2D eigenvalue weighted by atomic mass is 10.0. The van der Waals surface area contributed by atoms with Crippen LogP contribution in [-0.2, 0) is 6.54 Å². The minimum atomic E-state index is -0.478. The van der Waals surface area contributed by atoms with E-state index < -0.39 is 11.8 Å². The number of tetrazole rings is 1. The first kappa shape index (κ1) is 21.9. The Morgan fingerprint density at radius 3 is 2.39 bits per heavy atom. The van der Waals surface area contributed by atoms with Crippen molar-refractivity contribution in [1.82, 2.24) is 36.2 Å². The zero-order valence-corrected chi connectivity index (χ0v) is 18.4. The van der Waals surface area contributed by atoms with Crippen LogP contribution in [0.2, 0.25) is 0 Å². The van der Waals surface area contributed by atoms with E-state index in [1.807, 2.05) is 44.2 Å². The van der Waals surface area contributed by atoms with Crippen molar-refractivity contribution in [2.45, 2.75) is 33.2 Å². The van der Waals surface area contributed by atoms with E-state index in [2.05, 4.69) is 31.4 Å². The van der Waals surface area contributed by atoms with Crippen molar-refractivity contribution in [1.29, 1.82) is 0 Å². The largest absolute Gasteiger partial charge is 0.360 e. The number of hydrazine groups is 1. The molecule has 0 spiro atoms. The summed E-state index contributed by atoms with van der Waals surface area (Å²) in [5.74, 6) is 0.0828. The highest BCUT2D eigenvalue weighted by Crippen LogP contribution is 2.21. The highest BCUT2D eigenvalue weighted by atomic mass is 16.5. The molecule has 10 heteroatoms. The summed E-state index contributed by atoms with van der Waals surface area (Å²) < 4.78 is 5.22. The van der Waals surface area contributed by atoms with Gasteiger partial charge >= 0.3 is 0 Å². The Labute approximate surface area is 189 Å². The molecular weight excluding hydrogens is 422 g/mol. The smallest absolute Gasteiger partial charge is 0.275 e. The number of nitrogens with one attached hydrogen (secondary N) is 2. The van der Waals surface area contributed by atoms with Crippen molar-refractivity contribution in [3.63, 3.8) is 0 Å². The van der Waals surface area contributed by atoms with Crippen molar-refractivity contribution in [2.75, 3.05) is 0 Å². The third-order valence-electron chi connectivity index (χ3n) is 4.96. The monoisotopic (exact) mass is 445 g/mol. The zero-order valence-electron chi connectivity index (χ0n) is 18.4. The Hall–Kier alpha value is -4.34. The van der Waals surface area contributed by atoms with Gasteiger partial charge in [0.15, 0.2) is 5.76 Å². The van der Waals surface area contributed by atoms with Crippen LogP contribution in [0.5, 0.6) is 0 Å². The highest BCUT2D eigenvalue weighted by Gasteiger charge is 2.23. The van der Waals surface area contributed by atoms with Gasteiger partial charge in [0.2, 0.25) is 5.82 Å². The van der Waals surface area contributed by atoms with Crippen molar-refractivity contribution in [3.8, 4) is 11.4 Å². The van der Waals surface area contributed by atoms with Gasteiger partial charge in [0, 0.05) is 17.0 Å². The predicted octanol–water partition coefficient (Wildman–Crippen LogP) is 2.88. The maximum atomic E-state index is 12.5. The van der Waals surface area contributed by atoms with Gasteiger partial charge in [0.05, 0.1) is 12.2 Å². The van der Waals surface area contributed by atoms with Gasteiger partial charge in [-0.05, 0) is 29.8 Å². The molecule has 4 rings (SSSR count). The Morgan fingerprint density at radius 1 is 1.00 bits per heavy atom. The fourth-order valence-electron chi connectivity index (χ4n) is 3.24. The topological polar surface area (TPSA) is 128 Å². The van der Waals surface area contributed by atoms with Gasteiger partial charge in [-0.15, -0.1) is 10.2 Å². The fraction of sp³-hybridized carbons (Fsp3) is 0.217. The Bertz CT molecular complexity index is 1260. The summed E-state index contributed by atoms with van der Waals surface area (Å²) in [5, 5.41) is 16.4. The molecular formula is C23H23N7O3. The van der Waals surface area contributed by atoms with Crippen LogP contribution in [0.3, 0.4) is 0 Å². The maximum Gasteiger partial charge on any atom is 0.275 e. The molecule has 4 aromatic rings. The van der Waals surface area contributed by atoms with E-state index in [1.165, 1.54) is 4.80 Å². The van der Waals surface area contributed by atoms with Crippen LogP contribution in [0.1, 0.15) is 57.5 Å². The van der Waals surface area contributed by atoms with Crippen molar-refractivity contribution < 1.29 is 14.1 Å². The number of benzene rings is 2. The lowest BCUT2D eigenvalue weighted by Gasteiger charge is -2.09. The van der Waals surface area contributed by atoms with Crippen LogP contribution in [-0.4, -0.2) is 37.2 Å². The summed E-state index contributed by atoms with van der Waals surface area (Å²) in [4.78, 5) is 26.4. The van der Waals surface area contributed by atoms with Gasteiger partial charge < -0.3 is 4.52 Å². The summed E-state index contributed by atoms with van der Waals surface area (Å²) >= 11 is 0. The van der Waals surface area contributed by atoms with Gasteiger partial charge in [0.25, 0.3) is 11.8 Å². The van der Waals surface area contributed by atoms with Gasteiger partial charge in [-0.2, -0.15) is 4.80 Å². The third-order valence-corrected chi connectivity index (χ3v) is 4.96. The summed E-state index contributed by atoms with van der Waals surface area (Å²) in [6, 6.07) is 16.5. The molecule has 0 aliphatic rings. The van der Waals surface area contributed by atoms with Crippen molar-refractivity contribution in [2.24, 2.45) is 0 Å². The van der Waals surface area contributed by atoms with E-state index in [0.29, 0.717) is 35.0 Å². The molecule has 2 N–H and O–H groups in total. The number of hydrogen-bond acceptors (Lipinski definition) is 7. The number of carbonyl (C=O) groups is 2. The molecule has 0 saturated carbocycles. The standard InChI is InChI=1S/C23H23N7O3/c1-14(2)20-19(15(3)28-33-20)23(32)26-25-22(31)18-11-9-16(10-12-18)13-30-27-21(24-29-30)17-7-5-4-6-8-17/h4-12,14H,13H2,1-3H3,(H,25,31)(H,26,32). The summed E-state index contributed by atoms with van der Waals surface area (Å²) in [7, 11) is 0. The second-order valence-corrected chi connectivity index (χ2v) is 7.78. The highest BCUT2D eigenvalue weighted by molar-refractivity contribution is 6.00. The summed E-state index contributed by atoms with van der Waals surface area (Å²) in [6.45, 7) is 5.88. The second-order valence-electron chi connectivity index (χ2n) is 7.78. The van der Waals surface area contributed by atoms with Crippen LogP contribution in [0.25, 0.3) is 11.4 Å². The van der Waals surface area contributed by atoms with Gasteiger partial charge in [-0.1, -0.05) is 61.5 Å². The molecule has 0 saturated heterocycles. The van der Waals surface area contributed by atoms with E-state index in [4.69, 9.17) is 4.52 Å². The lowest BCUT2D eigenvalue weighted by Crippen LogP contribution is -2.42. The van der Waals surface area contributed by atoms with Crippen LogP contribution in [0.15, 0.2) is 59.1 Å². The first-order valence-corrected chi connectivity index (χ1v) is 10.4. The fourth-order valence-corrected chi connectivity index (χ4v) is 3.24. The predicted molar refractivity (Wildman–Crippen MR) is 119 cm³/mol. The normalized spacial score (nSPS) is 10.9. The molecule has 0 bridgehead atoms. The van der Waals surface area contributed by atoms with Crippen LogP contribution in [0.4, 0.5) is 0 Å². The first-order chi connectivity index (χ1) is 15.9. The van der Waals surface area contributed by atoms with Gasteiger partial charge in [0.1, 0.15) is 5.56 Å². The van der Waals surface area contributed by atoms with E-state index in [-0.39, 0.29) is 5.92 Å². The van der Waals surface area contributed by atoms with E-state index in [0.717, 1.165) is 11.1 Å². The van der Waals surface area contributed by atoms with E-state index >= 15 is 0 Å². The minimum absolute atomic E-state index is 0.0153. The molecule has 33 heavy (non-hydrogen) atoms. The van der Waals surface area contributed by atoms with Crippen molar-refractivity contribution >= 4 is 11.8 Å². The molecule has 0 aliphatic carbocycles. The lowest BCUT2D eigenvalue weighted by molar-refractivity contribution is 0.0845. The zero-order chi connectivity index (χ0) is 23.4. The molecule has 0 radical (unpaired) electrons. The molecule has 10 nitrogen and oxygen atoms in total. The number of hydrogen-bond donors (Lipinski definition) is 2. The average molecular weight is 445 g/mol. The quantitative estimate of drug-likeness (QED) is 0.437. The Kier molecular flexibility index (Phi) is 6.25. The number of amides is 2. The molecule has 2 aromatic heterocycles. The average Bonchev–Trinajstić information content (AvgIpc) is 3.45. The second kappa shape index (κ2) is 9.43. The molecule has 2 aromatic carbocycles. The molecule has 2 amide bonds. The van der Waals surface area contributed by atoms with Gasteiger partial charge in [-0.25, -0.2) is 0 Å². The SMILES string of the molecule is Cc1noc(C(C)C)c1C(=O)NNC(=O)c1ccc(Cn2nnc(-c3ccccc3)n2)cc1. The third kappa shape index (κ3) is 4.95.